The van der Waals surface area contributed by atoms with Crippen LogP contribution in [0, 0.1) is 5.92 Å². The van der Waals surface area contributed by atoms with Gasteiger partial charge >= 0.3 is 0 Å². The van der Waals surface area contributed by atoms with E-state index in [4.69, 9.17) is 4.74 Å². The van der Waals surface area contributed by atoms with Crippen LogP contribution in [0.2, 0.25) is 0 Å². The van der Waals surface area contributed by atoms with Gasteiger partial charge in [0.15, 0.2) is 5.65 Å². The molecule has 2 aliphatic rings. The van der Waals surface area contributed by atoms with Gasteiger partial charge in [0.2, 0.25) is 5.91 Å². The van der Waals surface area contributed by atoms with Crippen LogP contribution in [0.1, 0.15) is 25.0 Å². The number of hydrogen-bond acceptors (Lipinski definition) is 6. The molecule has 0 saturated carbocycles. The van der Waals surface area contributed by atoms with Gasteiger partial charge in [0.05, 0.1) is 19.3 Å². The molecule has 0 bridgehead atoms. The number of ether oxygens (including phenoxy) is 1. The van der Waals surface area contributed by atoms with Gasteiger partial charge in [-0.15, -0.1) is 0 Å². The Labute approximate surface area is 175 Å². The fourth-order valence-corrected chi connectivity index (χ4v) is 4.76. The van der Waals surface area contributed by atoms with Crippen molar-refractivity contribution in [3.05, 3.63) is 48.5 Å². The predicted molar refractivity (Wildman–Crippen MR) is 113 cm³/mol. The van der Waals surface area contributed by atoms with Crippen molar-refractivity contribution in [2.45, 2.75) is 31.7 Å². The molecular formula is C22H26N6O2. The third-order valence-electron chi connectivity index (χ3n) is 6.32. The number of nitrogens with zero attached hydrogens (tertiary/aromatic N) is 6. The van der Waals surface area contributed by atoms with E-state index in [1.54, 1.807) is 19.6 Å². The largest absolute Gasteiger partial charge is 0.495 e. The molecule has 5 rings (SSSR count). The number of piperazine rings is 1. The summed E-state index contributed by atoms with van der Waals surface area (Å²) in [7, 11) is 1.64. The van der Waals surface area contributed by atoms with Crippen molar-refractivity contribution < 1.29 is 9.53 Å². The molecule has 2 fully saturated rings. The summed E-state index contributed by atoms with van der Waals surface area (Å²) in [6, 6.07) is 10.3. The summed E-state index contributed by atoms with van der Waals surface area (Å²) in [5.74, 6) is 2.15. The van der Waals surface area contributed by atoms with Gasteiger partial charge in [0.25, 0.3) is 0 Å². The Balaban J connectivity index is 1.18. The van der Waals surface area contributed by atoms with Crippen LogP contribution in [-0.2, 0) is 11.2 Å². The molecule has 1 amide bonds. The number of carbonyl (C=O) groups is 1. The average Bonchev–Trinajstić information content (AvgIpc) is 3.39. The molecular weight excluding hydrogens is 380 g/mol. The maximum Gasteiger partial charge on any atom is 0.226 e. The van der Waals surface area contributed by atoms with Crippen LogP contribution < -0.4 is 9.64 Å². The average molecular weight is 406 g/mol. The van der Waals surface area contributed by atoms with Crippen LogP contribution in [0.5, 0.6) is 5.75 Å². The van der Waals surface area contributed by atoms with Crippen molar-refractivity contribution >= 4 is 17.4 Å². The number of amides is 1. The topological polar surface area (TPSA) is 75.9 Å². The first kappa shape index (κ1) is 18.8. The van der Waals surface area contributed by atoms with E-state index in [9.17, 15) is 4.79 Å². The Morgan fingerprint density at radius 3 is 2.93 bits per heavy atom. The highest BCUT2D eigenvalue weighted by Gasteiger charge is 2.42. The number of aromatic nitrogens is 4. The standard InChI is InChI=1S/C22H26N6O2/c1-30-19-8-9-20(23-13-19)26-10-11-27-18(14-26)12-16(22(27)29)4-2-5-17-6-3-7-21-24-15-25-28(17)21/h3,6-9,13,15-16,18H,2,4-5,10-12,14H2,1H3/t16-,18-/m0/s1. The van der Waals surface area contributed by atoms with Gasteiger partial charge in [-0.3, -0.25) is 4.79 Å². The van der Waals surface area contributed by atoms with Gasteiger partial charge in [0, 0.05) is 31.2 Å². The molecule has 0 spiro atoms. The lowest BCUT2D eigenvalue weighted by Crippen LogP contribution is -2.51. The van der Waals surface area contributed by atoms with Gasteiger partial charge < -0.3 is 14.5 Å². The van der Waals surface area contributed by atoms with Crippen LogP contribution >= 0.6 is 0 Å². The predicted octanol–water partition coefficient (Wildman–Crippen LogP) is 2.19. The van der Waals surface area contributed by atoms with E-state index in [-0.39, 0.29) is 12.0 Å². The zero-order valence-corrected chi connectivity index (χ0v) is 17.1. The molecule has 30 heavy (non-hydrogen) atoms. The number of anilines is 1. The smallest absolute Gasteiger partial charge is 0.226 e. The second-order valence-electron chi connectivity index (χ2n) is 8.06. The molecule has 156 valence electrons. The summed E-state index contributed by atoms with van der Waals surface area (Å²) >= 11 is 0. The van der Waals surface area contributed by atoms with E-state index in [1.165, 1.54) is 0 Å². The minimum atomic E-state index is 0.119. The second kappa shape index (κ2) is 7.93. The van der Waals surface area contributed by atoms with E-state index in [1.807, 2.05) is 28.8 Å². The van der Waals surface area contributed by atoms with E-state index in [0.29, 0.717) is 5.91 Å². The third kappa shape index (κ3) is 3.46. The quantitative estimate of drug-likeness (QED) is 0.625. The summed E-state index contributed by atoms with van der Waals surface area (Å²) in [5.41, 5.74) is 2.01. The highest BCUT2D eigenvalue weighted by atomic mass is 16.5. The molecule has 2 atom stereocenters. The maximum absolute atomic E-state index is 12.9. The van der Waals surface area contributed by atoms with Crippen LogP contribution in [-0.4, -0.2) is 63.2 Å². The number of methoxy groups -OCH3 is 1. The summed E-state index contributed by atoms with van der Waals surface area (Å²) in [6.07, 6.45) is 7.05. The number of rotatable bonds is 6. The number of hydrogen-bond donors (Lipinski definition) is 0. The van der Waals surface area contributed by atoms with Crippen molar-refractivity contribution in [1.29, 1.82) is 0 Å². The maximum atomic E-state index is 12.9. The van der Waals surface area contributed by atoms with Crippen LogP contribution in [0.4, 0.5) is 5.82 Å². The van der Waals surface area contributed by atoms with Gasteiger partial charge in [-0.1, -0.05) is 6.07 Å². The lowest BCUT2D eigenvalue weighted by molar-refractivity contribution is -0.132. The molecule has 2 aliphatic heterocycles. The SMILES string of the molecule is COc1ccc(N2CCN3C(=O)[C@@H](CCCc4cccc5ncnn45)C[C@H]3C2)nc1. The van der Waals surface area contributed by atoms with Crippen molar-refractivity contribution in [1.82, 2.24) is 24.5 Å². The number of pyridine rings is 2. The normalized spacial score (nSPS) is 21.3. The first-order valence-corrected chi connectivity index (χ1v) is 10.6. The molecule has 0 aromatic carbocycles. The molecule has 8 nitrogen and oxygen atoms in total. The Hall–Kier alpha value is -3.16. The van der Waals surface area contributed by atoms with Gasteiger partial charge in [-0.05, 0) is 49.9 Å². The van der Waals surface area contributed by atoms with E-state index < -0.39 is 0 Å². The van der Waals surface area contributed by atoms with E-state index >= 15 is 0 Å². The fourth-order valence-electron chi connectivity index (χ4n) is 4.76. The van der Waals surface area contributed by atoms with Crippen molar-refractivity contribution in [3.63, 3.8) is 0 Å². The summed E-state index contributed by atoms with van der Waals surface area (Å²) in [5, 5.41) is 4.30. The highest BCUT2D eigenvalue weighted by molar-refractivity contribution is 5.82. The van der Waals surface area contributed by atoms with Crippen molar-refractivity contribution in [2.24, 2.45) is 5.92 Å². The molecule has 8 heteroatoms. The first-order valence-electron chi connectivity index (χ1n) is 10.6. The Morgan fingerprint density at radius 2 is 2.10 bits per heavy atom. The number of carbonyl (C=O) groups excluding carboxylic acids is 1. The highest BCUT2D eigenvalue weighted by Crippen LogP contribution is 2.32. The van der Waals surface area contributed by atoms with Gasteiger partial charge in [-0.2, -0.15) is 5.10 Å². The molecule has 0 unspecified atom stereocenters. The molecule has 3 aromatic heterocycles. The summed E-state index contributed by atoms with van der Waals surface area (Å²) < 4.78 is 7.09. The number of fused-ring (bicyclic) bond motifs is 2. The lowest BCUT2D eigenvalue weighted by Gasteiger charge is -2.38. The molecule has 3 aromatic rings. The zero-order valence-electron chi connectivity index (χ0n) is 17.1. The summed E-state index contributed by atoms with van der Waals surface area (Å²) in [4.78, 5) is 26.0. The molecule has 0 radical (unpaired) electrons. The van der Waals surface area contributed by atoms with E-state index in [2.05, 4.69) is 30.9 Å². The minimum Gasteiger partial charge on any atom is -0.495 e. The van der Waals surface area contributed by atoms with Crippen molar-refractivity contribution in [2.75, 3.05) is 31.6 Å². The van der Waals surface area contributed by atoms with Gasteiger partial charge in [0.1, 0.15) is 17.9 Å². The monoisotopic (exact) mass is 406 g/mol. The minimum absolute atomic E-state index is 0.119. The number of aryl methyl sites for hydroxylation is 1. The fraction of sp³-hybridized carbons (Fsp3) is 0.455. The van der Waals surface area contributed by atoms with Crippen LogP contribution in [0.15, 0.2) is 42.9 Å². The zero-order chi connectivity index (χ0) is 20.5. The Bertz CT molecular complexity index is 1030. The summed E-state index contributed by atoms with van der Waals surface area (Å²) in [6.45, 7) is 2.44. The third-order valence-corrected chi connectivity index (χ3v) is 6.32. The van der Waals surface area contributed by atoms with Crippen LogP contribution in [0.25, 0.3) is 5.65 Å². The van der Waals surface area contributed by atoms with Crippen molar-refractivity contribution in [3.8, 4) is 5.75 Å². The second-order valence-corrected chi connectivity index (χ2v) is 8.06. The van der Waals surface area contributed by atoms with E-state index in [0.717, 1.165) is 68.2 Å². The Morgan fingerprint density at radius 1 is 1.17 bits per heavy atom. The van der Waals surface area contributed by atoms with Crippen LogP contribution in [0.3, 0.4) is 0 Å². The molecule has 2 saturated heterocycles. The lowest BCUT2D eigenvalue weighted by atomic mass is 9.97. The Kier molecular flexibility index (Phi) is 4.98. The molecule has 0 N–H and O–H groups in total. The molecule has 0 aliphatic carbocycles. The first-order chi connectivity index (χ1) is 14.7. The van der Waals surface area contributed by atoms with Gasteiger partial charge in [-0.25, -0.2) is 14.5 Å². The molecule has 5 heterocycles.